The van der Waals surface area contributed by atoms with E-state index in [1.807, 2.05) is 13.8 Å². The molecule has 17 amide bonds. The Morgan fingerprint density at radius 3 is 1.65 bits per heavy atom. The third-order valence-corrected chi connectivity index (χ3v) is 25.6. The van der Waals surface area contributed by atoms with Crippen LogP contribution in [-0.4, -0.2) is 315 Å². The van der Waals surface area contributed by atoms with Crippen molar-refractivity contribution in [1.29, 1.82) is 0 Å². The van der Waals surface area contributed by atoms with Gasteiger partial charge in [-0.15, -0.1) is 11.8 Å². The second-order valence-electron chi connectivity index (χ2n) is 35.1. The number of benzene rings is 3. The number of aliphatic hydroxyl groups excluding tert-OH is 2. The minimum absolute atomic E-state index is 0.000358. The van der Waals surface area contributed by atoms with E-state index in [0.717, 1.165) is 31.4 Å². The highest BCUT2D eigenvalue weighted by Crippen LogP contribution is 2.28. The fourth-order valence-electron chi connectivity index (χ4n) is 17.0. The topological polar surface area (TPSA) is 613 Å². The number of phenols is 1. The number of carbonyl (C=O) groups is 17. The molecule has 0 aliphatic carbocycles. The fraction of sp³-hybridized carbons (Fsp3) is 0.495. The van der Waals surface area contributed by atoms with Gasteiger partial charge in [0.05, 0.1) is 37.8 Å². The van der Waals surface area contributed by atoms with Gasteiger partial charge in [0.2, 0.25) is 100 Å². The summed E-state index contributed by atoms with van der Waals surface area (Å²) in [7, 11) is 3.94. The number of thioether (sulfide) groups is 1. The molecule has 42 nitrogen and oxygen atoms in total. The predicted molar refractivity (Wildman–Crippen MR) is 499 cm³/mol. The number of likely N-dealkylation sites (N-methyl/N-ethyl adjacent to an activating group) is 3. The molecule has 10 rings (SSSR count). The number of imidazole rings is 1. The summed E-state index contributed by atoms with van der Waals surface area (Å²) < 4.78 is 0. The summed E-state index contributed by atoms with van der Waals surface area (Å²) in [6.45, 7) is 6.09. The number of aromatic amines is 3. The van der Waals surface area contributed by atoms with E-state index in [9.17, 15) is 53.7 Å². The summed E-state index contributed by atoms with van der Waals surface area (Å²) in [6.07, 6.45) is 6.59. The van der Waals surface area contributed by atoms with Gasteiger partial charge in [-0.2, -0.15) is 0 Å². The third-order valence-electron chi connectivity index (χ3n) is 24.5. The van der Waals surface area contributed by atoms with Gasteiger partial charge in [-0.3, -0.25) is 86.5 Å². The van der Waals surface area contributed by atoms with Gasteiger partial charge in [0.25, 0.3) is 0 Å². The van der Waals surface area contributed by atoms with Crippen LogP contribution in [0.25, 0.3) is 21.8 Å². The molecule has 43 heteroatoms. The molecule has 136 heavy (non-hydrogen) atoms. The van der Waals surface area contributed by atoms with Crippen molar-refractivity contribution in [3.63, 3.8) is 0 Å². The number of aromatic hydroxyl groups is 1. The van der Waals surface area contributed by atoms with E-state index in [4.69, 9.17) is 11.5 Å². The Bertz CT molecular complexity index is 5410. The zero-order chi connectivity index (χ0) is 98.7. The number of nitrogens with zero attached hydrogens (tertiary/aromatic N) is 7. The Hall–Kier alpha value is -13.8. The number of fused-ring (bicyclic) bond motifs is 4. The van der Waals surface area contributed by atoms with Gasteiger partial charge in [0.15, 0.2) is 0 Å². The summed E-state index contributed by atoms with van der Waals surface area (Å²) in [4.78, 5) is 274. The van der Waals surface area contributed by atoms with Crippen LogP contribution in [0, 0.1) is 5.92 Å². The van der Waals surface area contributed by atoms with Crippen LogP contribution in [0.1, 0.15) is 133 Å². The minimum Gasteiger partial charge on any atom is -0.508 e. The van der Waals surface area contributed by atoms with Crippen LogP contribution < -0.4 is 64.6 Å². The number of carbonyl (C=O) groups excluding carboxylic acids is 17. The number of phenolic OH excluding ortho intramolecular Hbond substituents is 1. The van der Waals surface area contributed by atoms with Gasteiger partial charge >= 0.3 is 0 Å². The third kappa shape index (κ3) is 28.2. The summed E-state index contributed by atoms with van der Waals surface area (Å²) in [5, 5.41) is 60.9. The predicted octanol–water partition coefficient (Wildman–Crippen LogP) is -1.55. The van der Waals surface area contributed by atoms with Crippen molar-refractivity contribution in [2.45, 2.75) is 228 Å². The number of pyridine rings is 1. The van der Waals surface area contributed by atoms with E-state index in [2.05, 4.69) is 78.1 Å². The minimum atomic E-state index is -1.89. The molecule has 3 aliphatic rings. The summed E-state index contributed by atoms with van der Waals surface area (Å²) in [6, 6.07) is 1.03. The molecule has 0 radical (unpaired) electrons. The average molecular weight is 1900 g/mol. The average Bonchev–Trinajstić information content (AvgIpc) is 1.65. The first kappa shape index (κ1) is 104. The Balaban J connectivity index is 1.02. The first-order chi connectivity index (χ1) is 64.9. The SMILES string of the molecule is CCCC[C@H]1C(=O)N(C)[C@@H](CCCC)C(=O)N[C@@H](Cc2ccncc2)C(=O)N[C@H](C(=O)NCC(N)=O)CSCC(=O)N[C@@H](Cc2ccc(O)cc2)C(=O)N(C)[C@@H](C)C(=O)N[C@@H](CC(N)=O)C(=O)N2CCC[C@H]2C(=O)N[C@@H](Cc2cnc[nH]2)C(=O)N[C@@H](CC(C)C)C(=O)N2C[C@H](O)C[C@H]2C(=O)N[C@@H](Cc2c[nH]c3ccccc23)C(=O)N[C@@H](CO)C(=O)N[C@@H](Cc2c[nH]c3ccccc23)C(=O)N1C. The van der Waals surface area contributed by atoms with Crippen molar-refractivity contribution >= 4 is 134 Å². The number of H-pyrrole nitrogens is 3. The van der Waals surface area contributed by atoms with E-state index < -0.39 is 229 Å². The molecule has 15 atom stereocenters. The van der Waals surface area contributed by atoms with E-state index in [1.165, 1.54) is 82.1 Å². The molecular weight excluding hydrogens is 1780 g/mol. The number of aliphatic hydroxyl groups is 2. The number of nitrogens with one attached hydrogen (secondary N) is 13. The number of para-hydroxylation sites is 2. The smallest absolute Gasteiger partial charge is 0.246 e. The normalized spacial score (nSPS) is 24.7. The number of hydrogen-bond donors (Lipinski definition) is 18. The molecule has 3 aromatic carbocycles. The highest BCUT2D eigenvalue weighted by Gasteiger charge is 2.47. The van der Waals surface area contributed by atoms with E-state index in [0.29, 0.717) is 75.4 Å². The lowest BCUT2D eigenvalue weighted by Crippen LogP contribution is -2.62. The maximum absolute atomic E-state index is 15.8. The van der Waals surface area contributed by atoms with Crippen LogP contribution in [-0.2, 0) is 114 Å². The second-order valence-corrected chi connectivity index (χ2v) is 36.1. The van der Waals surface area contributed by atoms with Gasteiger partial charge in [0.1, 0.15) is 90.3 Å². The Kier molecular flexibility index (Phi) is 37.9. The second kappa shape index (κ2) is 49.4. The number of amides is 17. The quantitative estimate of drug-likeness (QED) is 0.0325. The molecule has 0 saturated carbocycles. The Labute approximate surface area is 789 Å². The molecule has 3 fully saturated rings. The molecule has 4 aromatic heterocycles. The van der Waals surface area contributed by atoms with Crippen molar-refractivity contribution in [3.8, 4) is 5.75 Å². The molecule has 732 valence electrons. The van der Waals surface area contributed by atoms with Crippen LogP contribution >= 0.6 is 11.8 Å². The van der Waals surface area contributed by atoms with Gasteiger partial charge in [-0.05, 0) is 104 Å². The van der Waals surface area contributed by atoms with Crippen molar-refractivity contribution in [3.05, 3.63) is 150 Å². The molecule has 0 spiro atoms. The number of unbranched alkanes of at least 4 members (excludes halogenated alkanes) is 2. The standard InChI is InChI=1S/C93H124N22O20S/c1-9-11-22-73-86(128)103-64(35-54-29-31-96-32-30-54)82(124)110-72(81(123)100-45-78(95)120)48-136-49-79(121)102-68(36-53-25-27-58(117)28-26-53)89(131)111(6)52(5)80(122)106-70(41-77(94)119)91(133)114-33-17-24-74(114)87(129)105-66(39-57-44-97-50-101-57)84(126)107-67(34-51(3)4)92(134)115-46-59(118)40-76(115)88(130)104-65(37-55-42-98-62-20-15-13-18-60(55)62)83(125)109-71(47-116)85(127)108-69(38-56-43-99-63-21-16-14-19-61(56)63)90(132)113(8)75(23-12-10-2)93(135)112(73)7/h13-16,18-21,25-32,42-44,50-52,59,64-76,98-99,116-118H,9-12,17,22-24,33-41,45-49H2,1-8H3,(H2,94,119)(H2,95,120)(H,97,101)(H,100,123)(H,102,121)(H,103,128)(H,104,130)(H,105,129)(H,106,122)(H,107,126)(H,108,127)(H,109,125)(H,110,124)/t52-,59+,64-,65-,66-,67-,68-,69-,70-,71-,72-,73-,74-,75-,76-/m0/s1. The largest absolute Gasteiger partial charge is 0.508 e. The number of aromatic nitrogens is 5. The number of primary amides is 2. The molecule has 3 saturated heterocycles. The Morgan fingerprint density at radius 1 is 0.529 bits per heavy atom. The van der Waals surface area contributed by atoms with Crippen LogP contribution in [0.15, 0.2) is 122 Å². The molecule has 20 N–H and O–H groups in total. The maximum atomic E-state index is 15.8. The molecule has 0 bridgehead atoms. The van der Waals surface area contributed by atoms with E-state index in [1.54, 1.807) is 86.9 Å². The van der Waals surface area contributed by atoms with Crippen LogP contribution in [0.4, 0.5) is 0 Å². The van der Waals surface area contributed by atoms with Crippen molar-refractivity contribution in [2.24, 2.45) is 17.4 Å². The lowest BCUT2D eigenvalue weighted by molar-refractivity contribution is -0.149. The molecule has 7 aromatic rings. The summed E-state index contributed by atoms with van der Waals surface area (Å²) in [5.74, 6) is -17.4. The molecule has 3 aliphatic heterocycles. The zero-order valence-corrected chi connectivity index (χ0v) is 78.1. The zero-order valence-electron chi connectivity index (χ0n) is 77.3. The summed E-state index contributed by atoms with van der Waals surface area (Å²) >= 11 is 0.779. The van der Waals surface area contributed by atoms with Crippen LogP contribution in [0.2, 0.25) is 0 Å². The van der Waals surface area contributed by atoms with Crippen molar-refractivity contribution in [2.75, 3.05) is 58.9 Å². The fourth-order valence-corrected chi connectivity index (χ4v) is 17.8. The van der Waals surface area contributed by atoms with Crippen molar-refractivity contribution < 1.29 is 96.8 Å². The maximum Gasteiger partial charge on any atom is 0.246 e. The lowest BCUT2D eigenvalue weighted by atomic mass is 9.99. The summed E-state index contributed by atoms with van der Waals surface area (Å²) in [5.41, 5.74) is 14.7. The monoisotopic (exact) mass is 1900 g/mol. The highest BCUT2D eigenvalue weighted by atomic mass is 32.2. The van der Waals surface area contributed by atoms with E-state index >= 15 is 43.2 Å². The van der Waals surface area contributed by atoms with Crippen LogP contribution in [0.3, 0.4) is 0 Å². The highest BCUT2D eigenvalue weighted by molar-refractivity contribution is 8.00. The van der Waals surface area contributed by atoms with Gasteiger partial charge < -0.3 is 119 Å². The van der Waals surface area contributed by atoms with Crippen molar-refractivity contribution in [1.82, 2.24) is 103 Å². The number of hydrogen-bond acceptors (Lipinski definition) is 23. The van der Waals surface area contributed by atoms with Gasteiger partial charge in [-0.25, -0.2) is 4.98 Å². The van der Waals surface area contributed by atoms with Gasteiger partial charge in [-0.1, -0.05) is 102 Å². The molecular formula is C93H124N22O20S. The number of rotatable bonds is 24. The van der Waals surface area contributed by atoms with Crippen LogP contribution in [0.5, 0.6) is 5.75 Å². The molecule has 7 heterocycles. The Morgan fingerprint density at radius 2 is 1.04 bits per heavy atom. The molecule has 0 unspecified atom stereocenters. The van der Waals surface area contributed by atoms with E-state index in [-0.39, 0.29) is 88.8 Å². The van der Waals surface area contributed by atoms with Gasteiger partial charge in [0, 0.05) is 137 Å². The first-order valence-electron chi connectivity index (χ1n) is 45.5. The lowest BCUT2D eigenvalue weighted by Gasteiger charge is -2.36. The first-order valence-corrected chi connectivity index (χ1v) is 46.7. The number of nitrogens with two attached hydrogens (primary N) is 2.